The molecule has 0 aliphatic heterocycles. The lowest BCUT2D eigenvalue weighted by molar-refractivity contribution is 1.18. The normalized spacial score (nSPS) is 12.8. The van der Waals surface area contributed by atoms with Crippen LogP contribution in [0, 0.1) is 6.92 Å². The van der Waals surface area contributed by atoms with E-state index in [1.807, 2.05) is 31.2 Å². The fourth-order valence-corrected chi connectivity index (χ4v) is 3.91. The summed E-state index contributed by atoms with van der Waals surface area (Å²) in [4.78, 5) is 1.01. The molecule has 17 heavy (non-hydrogen) atoms. The molecule has 0 nitrogen and oxygen atoms in total. The van der Waals surface area contributed by atoms with Crippen LogP contribution in [-0.2, 0) is 0 Å². The maximum atomic E-state index is 6.43. The van der Waals surface area contributed by atoms with E-state index < -0.39 is 0 Å². The van der Waals surface area contributed by atoms with E-state index in [1.165, 1.54) is 11.3 Å². The minimum absolute atomic E-state index is 0.258. The van der Waals surface area contributed by atoms with Crippen molar-refractivity contribution >= 4 is 62.1 Å². The summed E-state index contributed by atoms with van der Waals surface area (Å²) in [6.07, 6.45) is 0. The van der Waals surface area contributed by atoms with Gasteiger partial charge in [0.05, 0.1) is 9.71 Å². The number of rotatable bonds is 2. The summed E-state index contributed by atoms with van der Waals surface area (Å²) >= 11 is 23.5. The number of benzene rings is 1. The molecule has 1 atom stereocenters. The van der Waals surface area contributed by atoms with Crippen LogP contribution >= 0.6 is 62.1 Å². The van der Waals surface area contributed by atoms with Crippen molar-refractivity contribution in [3.63, 3.8) is 0 Å². The zero-order valence-corrected chi connectivity index (χ0v) is 13.5. The van der Waals surface area contributed by atoms with Crippen molar-refractivity contribution in [2.45, 2.75) is 12.3 Å². The third kappa shape index (κ3) is 2.99. The molecule has 0 bridgehead atoms. The van der Waals surface area contributed by atoms with E-state index >= 15 is 0 Å². The van der Waals surface area contributed by atoms with Gasteiger partial charge in [0.1, 0.15) is 0 Å². The van der Waals surface area contributed by atoms with E-state index in [4.69, 9.17) is 34.8 Å². The van der Waals surface area contributed by atoms with Crippen LogP contribution in [0.1, 0.15) is 21.4 Å². The van der Waals surface area contributed by atoms with E-state index in [-0.39, 0.29) is 5.38 Å². The first-order chi connectivity index (χ1) is 7.99. The molecule has 0 amide bonds. The molecule has 0 aliphatic carbocycles. The Labute approximate surface area is 128 Å². The van der Waals surface area contributed by atoms with Crippen LogP contribution in [0.15, 0.2) is 28.7 Å². The van der Waals surface area contributed by atoms with Crippen molar-refractivity contribution < 1.29 is 0 Å². The zero-order chi connectivity index (χ0) is 12.6. The van der Waals surface area contributed by atoms with E-state index in [0.717, 1.165) is 24.8 Å². The van der Waals surface area contributed by atoms with Crippen molar-refractivity contribution in [1.82, 2.24) is 0 Å². The standard InChI is InChI=1S/C12H8BrCl3S/c1-6-4-10(17-12(6)16)11(15)8-3-2-7(13)5-9(8)14/h2-5,11H,1H3. The number of thiophene rings is 1. The molecule has 0 spiro atoms. The summed E-state index contributed by atoms with van der Waals surface area (Å²) in [5, 5.41) is 0.397. The van der Waals surface area contributed by atoms with Gasteiger partial charge in [0.2, 0.25) is 0 Å². The largest absolute Gasteiger partial charge is 0.126 e. The monoisotopic (exact) mass is 368 g/mol. The topological polar surface area (TPSA) is 0 Å². The predicted octanol–water partition coefficient (Wildman–Crippen LogP) is 6.45. The lowest BCUT2D eigenvalue weighted by Crippen LogP contribution is -1.91. The third-order valence-electron chi connectivity index (χ3n) is 2.36. The smallest absolute Gasteiger partial charge is 0.0960 e. The molecule has 1 aromatic carbocycles. The average molecular weight is 371 g/mol. The van der Waals surface area contributed by atoms with Crippen LogP contribution in [-0.4, -0.2) is 0 Å². The van der Waals surface area contributed by atoms with Gasteiger partial charge in [-0.1, -0.05) is 45.2 Å². The molecule has 2 rings (SSSR count). The Morgan fingerprint density at radius 1 is 1.24 bits per heavy atom. The Balaban J connectivity index is 2.39. The van der Waals surface area contributed by atoms with Gasteiger partial charge in [0, 0.05) is 14.4 Å². The van der Waals surface area contributed by atoms with Crippen LogP contribution in [0.3, 0.4) is 0 Å². The first-order valence-electron chi connectivity index (χ1n) is 4.84. The summed E-state index contributed by atoms with van der Waals surface area (Å²) in [7, 11) is 0. The Kier molecular flexibility index (Phi) is 4.43. The second kappa shape index (κ2) is 5.50. The highest BCUT2D eigenvalue weighted by Crippen LogP contribution is 2.40. The van der Waals surface area contributed by atoms with Gasteiger partial charge in [-0.2, -0.15) is 0 Å². The van der Waals surface area contributed by atoms with Crippen LogP contribution in [0.2, 0.25) is 9.36 Å². The van der Waals surface area contributed by atoms with Crippen molar-refractivity contribution in [2.75, 3.05) is 0 Å². The van der Waals surface area contributed by atoms with Crippen LogP contribution < -0.4 is 0 Å². The summed E-state index contributed by atoms with van der Waals surface area (Å²) in [6, 6.07) is 7.70. The molecule has 90 valence electrons. The molecule has 0 saturated carbocycles. The summed E-state index contributed by atoms with van der Waals surface area (Å²) in [5.41, 5.74) is 1.94. The van der Waals surface area contributed by atoms with Gasteiger partial charge in [0.15, 0.2) is 0 Å². The maximum Gasteiger partial charge on any atom is 0.0960 e. The predicted molar refractivity (Wildman–Crippen MR) is 80.9 cm³/mol. The second-order valence-electron chi connectivity index (χ2n) is 3.63. The van der Waals surface area contributed by atoms with Gasteiger partial charge < -0.3 is 0 Å². The van der Waals surface area contributed by atoms with Crippen LogP contribution in [0.25, 0.3) is 0 Å². The molecule has 0 saturated heterocycles. The van der Waals surface area contributed by atoms with Gasteiger partial charge in [0.25, 0.3) is 0 Å². The number of hydrogen-bond acceptors (Lipinski definition) is 1. The van der Waals surface area contributed by atoms with Crippen molar-refractivity contribution in [3.05, 3.63) is 54.1 Å². The Morgan fingerprint density at radius 2 is 1.94 bits per heavy atom. The number of alkyl halides is 1. The molecule has 0 radical (unpaired) electrons. The van der Waals surface area contributed by atoms with E-state index in [2.05, 4.69) is 15.9 Å². The molecule has 1 unspecified atom stereocenters. The van der Waals surface area contributed by atoms with Crippen LogP contribution in [0.4, 0.5) is 0 Å². The number of hydrogen-bond donors (Lipinski definition) is 0. The Hall–Kier alpha value is 0.270. The van der Waals surface area contributed by atoms with E-state index in [0.29, 0.717) is 5.02 Å². The summed E-state index contributed by atoms with van der Waals surface area (Å²) in [6.45, 7) is 1.97. The van der Waals surface area contributed by atoms with Crippen molar-refractivity contribution in [3.8, 4) is 0 Å². The van der Waals surface area contributed by atoms with Crippen molar-refractivity contribution in [1.29, 1.82) is 0 Å². The van der Waals surface area contributed by atoms with Gasteiger partial charge in [-0.25, -0.2) is 0 Å². The first-order valence-corrected chi connectivity index (χ1v) is 7.64. The number of aryl methyl sites for hydroxylation is 1. The fourth-order valence-electron chi connectivity index (χ4n) is 1.47. The zero-order valence-electron chi connectivity index (χ0n) is 8.81. The average Bonchev–Trinajstić information content (AvgIpc) is 2.58. The maximum absolute atomic E-state index is 6.43. The SMILES string of the molecule is Cc1cc(C(Cl)c2ccc(Br)cc2Cl)sc1Cl. The second-order valence-corrected chi connectivity index (χ2v) is 7.08. The fraction of sp³-hybridized carbons (Fsp3) is 0.167. The highest BCUT2D eigenvalue weighted by Gasteiger charge is 2.17. The highest BCUT2D eigenvalue weighted by atomic mass is 79.9. The molecule has 0 N–H and O–H groups in total. The quantitative estimate of drug-likeness (QED) is 0.533. The van der Waals surface area contributed by atoms with Gasteiger partial charge in [-0.05, 0) is 36.2 Å². The lowest BCUT2D eigenvalue weighted by atomic mass is 10.1. The summed E-state index contributed by atoms with van der Waals surface area (Å²) < 4.78 is 1.72. The highest BCUT2D eigenvalue weighted by molar-refractivity contribution is 9.10. The molecule has 1 aromatic heterocycles. The minimum atomic E-state index is -0.258. The van der Waals surface area contributed by atoms with Crippen LogP contribution in [0.5, 0.6) is 0 Å². The molecular formula is C12H8BrCl3S. The minimum Gasteiger partial charge on any atom is -0.126 e. The lowest BCUT2D eigenvalue weighted by Gasteiger charge is -2.10. The molecule has 2 aromatic rings. The number of halogens is 4. The molecule has 1 heterocycles. The third-order valence-corrected chi connectivity index (χ3v) is 5.40. The van der Waals surface area contributed by atoms with Gasteiger partial charge >= 0.3 is 0 Å². The van der Waals surface area contributed by atoms with Crippen molar-refractivity contribution in [2.24, 2.45) is 0 Å². The molecule has 0 aliphatic rings. The van der Waals surface area contributed by atoms with Gasteiger partial charge in [-0.15, -0.1) is 22.9 Å². The van der Waals surface area contributed by atoms with E-state index in [1.54, 1.807) is 0 Å². The Bertz CT molecular complexity index is 531. The first kappa shape index (κ1) is 13.7. The molecule has 0 fully saturated rings. The molecular weight excluding hydrogens is 362 g/mol. The van der Waals surface area contributed by atoms with Gasteiger partial charge in [-0.3, -0.25) is 0 Å². The molecule has 5 heteroatoms. The Morgan fingerprint density at radius 3 is 2.47 bits per heavy atom. The van der Waals surface area contributed by atoms with E-state index in [9.17, 15) is 0 Å². The summed E-state index contributed by atoms with van der Waals surface area (Å²) in [5.74, 6) is 0.